The Labute approximate surface area is 92.5 Å². The zero-order chi connectivity index (χ0) is 11.7. The molecule has 0 N–H and O–H groups in total. The van der Waals surface area contributed by atoms with Crippen LogP contribution in [0, 0.1) is 0 Å². The Hall–Kier alpha value is -0.653. The zero-order valence-corrected chi connectivity index (χ0v) is 10.7. The van der Waals surface area contributed by atoms with Crippen molar-refractivity contribution in [2.75, 3.05) is 19.4 Å². The molecule has 0 spiro atoms. The van der Waals surface area contributed by atoms with Crippen molar-refractivity contribution in [2.45, 2.75) is 26.8 Å². The Morgan fingerprint density at radius 2 is 2.07 bits per heavy atom. The minimum Gasteiger partial charge on any atom is -0.461 e. The molecule has 0 amide bonds. The molecule has 0 aromatic heterocycles. The molecule has 1 unspecified atom stereocenters. The fraction of sp³-hybridized carbons (Fsp3) is 0.700. The number of hydrogen-bond acceptors (Lipinski definition) is 4. The number of rotatable bonds is 8. The van der Waals surface area contributed by atoms with Gasteiger partial charge in [0, 0.05) is 19.3 Å². The largest absolute Gasteiger partial charge is 0.461 e. The molecule has 0 radical (unpaired) electrons. The molecule has 0 saturated carbocycles. The van der Waals surface area contributed by atoms with Gasteiger partial charge in [0.15, 0.2) is 0 Å². The fourth-order valence-corrected chi connectivity index (χ4v) is 2.91. The van der Waals surface area contributed by atoms with Crippen molar-refractivity contribution in [3.05, 3.63) is 12.7 Å². The van der Waals surface area contributed by atoms with Crippen molar-refractivity contribution < 1.29 is 18.4 Å². The molecular formula is C10H20O4Si. The van der Waals surface area contributed by atoms with Crippen molar-refractivity contribution in [1.82, 2.24) is 0 Å². The summed E-state index contributed by atoms with van der Waals surface area (Å²) in [6.45, 7) is 10.3. The maximum Gasteiger partial charge on any atom is 0.374 e. The first-order chi connectivity index (χ1) is 7.08. The molecule has 5 heteroatoms. The van der Waals surface area contributed by atoms with Crippen LogP contribution in [0.15, 0.2) is 12.7 Å². The number of esters is 1. The van der Waals surface area contributed by atoms with E-state index >= 15 is 0 Å². The van der Waals surface area contributed by atoms with Crippen LogP contribution < -0.4 is 0 Å². The second-order valence-corrected chi connectivity index (χ2v) is 6.36. The van der Waals surface area contributed by atoms with E-state index in [-0.39, 0.29) is 6.23 Å². The van der Waals surface area contributed by atoms with Gasteiger partial charge in [0.25, 0.3) is 0 Å². The van der Waals surface area contributed by atoms with E-state index < -0.39 is 14.5 Å². The van der Waals surface area contributed by atoms with Crippen molar-refractivity contribution >= 4 is 14.5 Å². The van der Waals surface area contributed by atoms with E-state index in [0.717, 1.165) is 12.5 Å². The molecule has 88 valence electrons. The van der Waals surface area contributed by atoms with Crippen molar-refractivity contribution in [3.8, 4) is 0 Å². The van der Waals surface area contributed by atoms with Crippen molar-refractivity contribution in [3.63, 3.8) is 0 Å². The quantitative estimate of drug-likeness (QED) is 0.363. The fourth-order valence-electron chi connectivity index (χ4n) is 1.01. The third kappa shape index (κ3) is 6.43. The molecule has 1 atom stereocenters. The first-order valence-corrected chi connectivity index (χ1v) is 7.67. The molecule has 0 fully saturated rings. The summed E-state index contributed by atoms with van der Waals surface area (Å²) in [5, 5.41) is 0. The maximum atomic E-state index is 10.9. The Morgan fingerprint density at radius 1 is 1.40 bits per heavy atom. The van der Waals surface area contributed by atoms with Crippen LogP contribution in [0.5, 0.6) is 0 Å². The maximum absolute atomic E-state index is 10.9. The van der Waals surface area contributed by atoms with Crippen LogP contribution in [-0.2, 0) is 18.4 Å². The van der Waals surface area contributed by atoms with Crippen LogP contribution in [-0.4, -0.2) is 34.0 Å². The van der Waals surface area contributed by atoms with E-state index in [9.17, 15) is 4.79 Å². The Bertz CT molecular complexity index is 208. The standard InChI is InChI=1S/C10H20O4Si/c1-5-8-14-15(4,13-7-3)9-12-10(11)6-2/h6H,2,5,7-9H2,1,3-4H3. The van der Waals surface area contributed by atoms with Crippen LogP contribution in [0.3, 0.4) is 0 Å². The summed E-state index contributed by atoms with van der Waals surface area (Å²) < 4.78 is 16.1. The first-order valence-electron chi connectivity index (χ1n) is 5.15. The molecule has 15 heavy (non-hydrogen) atoms. The third-order valence-corrected chi connectivity index (χ3v) is 4.09. The van der Waals surface area contributed by atoms with Gasteiger partial charge in [-0.25, -0.2) is 4.79 Å². The topological polar surface area (TPSA) is 44.8 Å². The average molecular weight is 232 g/mol. The number of ether oxygens (including phenoxy) is 1. The molecule has 0 aliphatic heterocycles. The Kier molecular flexibility index (Phi) is 7.28. The predicted molar refractivity (Wildman–Crippen MR) is 60.6 cm³/mol. The van der Waals surface area contributed by atoms with Crippen molar-refractivity contribution in [1.29, 1.82) is 0 Å². The average Bonchev–Trinajstić information content (AvgIpc) is 2.24. The van der Waals surface area contributed by atoms with Gasteiger partial charge in [-0.3, -0.25) is 0 Å². The normalized spacial score (nSPS) is 14.3. The molecular weight excluding hydrogens is 212 g/mol. The van der Waals surface area contributed by atoms with Gasteiger partial charge in [0.2, 0.25) is 0 Å². The lowest BCUT2D eigenvalue weighted by atomic mass is 10.5. The van der Waals surface area contributed by atoms with Gasteiger partial charge in [-0.15, -0.1) is 0 Å². The lowest BCUT2D eigenvalue weighted by Crippen LogP contribution is -2.45. The summed E-state index contributed by atoms with van der Waals surface area (Å²) in [5.74, 6) is -0.437. The van der Waals surface area contributed by atoms with Crippen LogP contribution >= 0.6 is 0 Å². The summed E-state index contributed by atoms with van der Waals surface area (Å²) in [5.41, 5.74) is 0. The lowest BCUT2D eigenvalue weighted by Gasteiger charge is -2.25. The van der Waals surface area contributed by atoms with Gasteiger partial charge in [0.1, 0.15) is 6.23 Å². The number of hydrogen-bond donors (Lipinski definition) is 0. The molecule has 4 nitrogen and oxygen atoms in total. The smallest absolute Gasteiger partial charge is 0.374 e. The van der Waals surface area contributed by atoms with Gasteiger partial charge in [0.05, 0.1) is 0 Å². The van der Waals surface area contributed by atoms with Gasteiger partial charge < -0.3 is 13.6 Å². The predicted octanol–water partition coefficient (Wildman–Crippen LogP) is 1.79. The molecule has 0 aromatic rings. The SMILES string of the molecule is C=CC(=O)OC[Si](C)(OCC)OCCC. The zero-order valence-electron chi connectivity index (χ0n) is 9.75. The highest BCUT2D eigenvalue weighted by atomic mass is 28.4. The van der Waals surface area contributed by atoms with E-state index in [4.69, 9.17) is 13.6 Å². The molecule has 0 aliphatic rings. The molecule has 0 rings (SSSR count). The Morgan fingerprint density at radius 3 is 2.53 bits per heavy atom. The number of carbonyl (C=O) groups excluding carboxylic acids is 1. The minimum absolute atomic E-state index is 0.214. The Balaban J connectivity index is 4.10. The minimum atomic E-state index is -2.34. The molecule has 0 bridgehead atoms. The van der Waals surface area contributed by atoms with E-state index in [0.29, 0.717) is 13.2 Å². The summed E-state index contributed by atoms with van der Waals surface area (Å²) in [6, 6.07) is 0. The van der Waals surface area contributed by atoms with E-state index in [1.54, 1.807) is 0 Å². The summed E-state index contributed by atoms with van der Waals surface area (Å²) in [6.07, 6.45) is 2.28. The monoisotopic (exact) mass is 232 g/mol. The summed E-state index contributed by atoms with van der Waals surface area (Å²) in [7, 11) is -2.34. The molecule has 0 saturated heterocycles. The van der Waals surface area contributed by atoms with E-state index in [1.165, 1.54) is 0 Å². The highest BCUT2D eigenvalue weighted by molar-refractivity contribution is 6.66. The van der Waals surface area contributed by atoms with Crippen LogP contribution in [0.2, 0.25) is 6.55 Å². The lowest BCUT2D eigenvalue weighted by molar-refractivity contribution is -0.136. The van der Waals surface area contributed by atoms with Crippen LogP contribution in [0.4, 0.5) is 0 Å². The van der Waals surface area contributed by atoms with Gasteiger partial charge >= 0.3 is 14.5 Å². The summed E-state index contributed by atoms with van der Waals surface area (Å²) in [4.78, 5) is 10.9. The summed E-state index contributed by atoms with van der Waals surface area (Å²) >= 11 is 0. The molecule has 0 aromatic carbocycles. The van der Waals surface area contributed by atoms with Crippen LogP contribution in [0.25, 0.3) is 0 Å². The molecule has 0 aliphatic carbocycles. The van der Waals surface area contributed by atoms with Gasteiger partial charge in [-0.1, -0.05) is 13.5 Å². The second kappa shape index (κ2) is 7.61. The highest BCUT2D eigenvalue weighted by Crippen LogP contribution is 2.08. The highest BCUT2D eigenvalue weighted by Gasteiger charge is 2.32. The van der Waals surface area contributed by atoms with E-state index in [1.807, 2.05) is 20.4 Å². The van der Waals surface area contributed by atoms with Crippen LogP contribution in [0.1, 0.15) is 20.3 Å². The third-order valence-electron chi connectivity index (χ3n) is 1.70. The van der Waals surface area contributed by atoms with Crippen molar-refractivity contribution in [2.24, 2.45) is 0 Å². The van der Waals surface area contributed by atoms with Gasteiger partial charge in [-0.2, -0.15) is 0 Å². The van der Waals surface area contributed by atoms with Gasteiger partial charge in [-0.05, 0) is 19.9 Å². The van der Waals surface area contributed by atoms with E-state index in [2.05, 4.69) is 6.58 Å². The number of carbonyl (C=O) groups is 1. The second-order valence-electron chi connectivity index (χ2n) is 3.23. The molecule has 0 heterocycles. The first kappa shape index (κ1) is 14.3.